The SMILES string of the molecule is CN(C)CCNCc1c(N=O)ccc2c(-c3cc4ccccc4oc3=O)cc(=O)oc12. The molecule has 2 aromatic heterocycles. The monoisotopic (exact) mass is 419 g/mol. The molecule has 4 aromatic rings. The zero-order chi connectivity index (χ0) is 22.0. The Morgan fingerprint density at radius 1 is 1.00 bits per heavy atom. The standard InChI is InChI=1S/C23H21N3O5/c1-26(2)10-9-24-13-18-19(25-29)8-7-15-16(12-21(27)31-22(15)18)17-11-14-5-3-4-6-20(14)30-23(17)28/h3-8,11-12,24H,9-10,13H2,1-2H3. The Hall–Kier alpha value is -3.62. The fraction of sp³-hybridized carbons (Fsp3) is 0.217. The van der Waals surface area contributed by atoms with E-state index in [4.69, 9.17) is 8.83 Å². The minimum Gasteiger partial charge on any atom is -0.422 e. The summed E-state index contributed by atoms with van der Waals surface area (Å²) in [5, 5.41) is 7.57. The highest BCUT2D eigenvalue weighted by atomic mass is 16.4. The number of fused-ring (bicyclic) bond motifs is 2. The molecule has 0 bridgehead atoms. The molecular formula is C23H21N3O5. The summed E-state index contributed by atoms with van der Waals surface area (Å²) in [5.74, 6) is 0. The molecule has 8 heteroatoms. The number of nitroso groups, excluding NO2 is 1. The molecule has 0 atom stereocenters. The highest BCUT2D eigenvalue weighted by Crippen LogP contribution is 2.33. The number of rotatable bonds is 7. The lowest BCUT2D eigenvalue weighted by molar-refractivity contribution is 0.400. The maximum absolute atomic E-state index is 12.7. The van der Waals surface area contributed by atoms with Crippen molar-refractivity contribution in [1.82, 2.24) is 10.2 Å². The van der Waals surface area contributed by atoms with Gasteiger partial charge in [0.1, 0.15) is 16.9 Å². The number of nitrogens with zero attached hydrogens (tertiary/aromatic N) is 2. The van der Waals surface area contributed by atoms with Gasteiger partial charge in [-0.05, 0) is 43.5 Å². The van der Waals surface area contributed by atoms with Crippen molar-refractivity contribution in [2.45, 2.75) is 6.54 Å². The van der Waals surface area contributed by atoms with Gasteiger partial charge in [-0.15, -0.1) is 4.91 Å². The lowest BCUT2D eigenvalue weighted by atomic mass is 9.99. The number of hydrogen-bond acceptors (Lipinski definition) is 8. The molecule has 158 valence electrons. The van der Waals surface area contributed by atoms with Crippen LogP contribution in [0.2, 0.25) is 0 Å². The van der Waals surface area contributed by atoms with Gasteiger partial charge in [-0.2, -0.15) is 0 Å². The van der Waals surface area contributed by atoms with Crippen molar-refractivity contribution in [1.29, 1.82) is 0 Å². The van der Waals surface area contributed by atoms with Crippen LogP contribution in [0.1, 0.15) is 5.56 Å². The van der Waals surface area contributed by atoms with Crippen LogP contribution in [0, 0.1) is 4.91 Å². The van der Waals surface area contributed by atoms with Gasteiger partial charge in [0.05, 0.1) is 5.56 Å². The van der Waals surface area contributed by atoms with E-state index >= 15 is 0 Å². The fourth-order valence-electron chi connectivity index (χ4n) is 3.52. The maximum atomic E-state index is 12.7. The highest BCUT2D eigenvalue weighted by molar-refractivity contribution is 5.97. The molecule has 0 aliphatic heterocycles. The van der Waals surface area contributed by atoms with Crippen LogP contribution >= 0.6 is 0 Å². The average molecular weight is 419 g/mol. The van der Waals surface area contributed by atoms with Crippen molar-refractivity contribution in [3.63, 3.8) is 0 Å². The van der Waals surface area contributed by atoms with Crippen molar-refractivity contribution >= 4 is 27.6 Å². The molecule has 1 N–H and O–H groups in total. The molecular weight excluding hydrogens is 398 g/mol. The number of hydrogen-bond donors (Lipinski definition) is 1. The maximum Gasteiger partial charge on any atom is 0.344 e. The van der Waals surface area contributed by atoms with Crippen molar-refractivity contribution in [3.8, 4) is 11.1 Å². The Morgan fingerprint density at radius 3 is 2.58 bits per heavy atom. The second kappa shape index (κ2) is 8.63. The largest absolute Gasteiger partial charge is 0.422 e. The molecule has 0 spiro atoms. The van der Waals surface area contributed by atoms with Crippen LogP contribution in [0.3, 0.4) is 0 Å². The Morgan fingerprint density at radius 2 is 1.81 bits per heavy atom. The van der Waals surface area contributed by atoms with E-state index in [2.05, 4.69) is 10.5 Å². The van der Waals surface area contributed by atoms with E-state index in [1.54, 1.807) is 30.3 Å². The zero-order valence-corrected chi connectivity index (χ0v) is 17.2. The molecule has 0 saturated carbocycles. The van der Waals surface area contributed by atoms with Gasteiger partial charge >= 0.3 is 11.3 Å². The summed E-state index contributed by atoms with van der Waals surface area (Å²) in [6, 6.07) is 13.3. The van der Waals surface area contributed by atoms with Crippen LogP contribution in [0.15, 0.2) is 72.1 Å². The first-order chi connectivity index (χ1) is 15.0. The smallest absolute Gasteiger partial charge is 0.344 e. The molecule has 4 rings (SSSR count). The quantitative estimate of drug-likeness (QED) is 0.277. The molecule has 0 unspecified atom stereocenters. The predicted molar refractivity (Wildman–Crippen MR) is 120 cm³/mol. The van der Waals surface area contributed by atoms with Gasteiger partial charge < -0.3 is 19.1 Å². The second-order valence-corrected chi connectivity index (χ2v) is 7.48. The summed E-state index contributed by atoms with van der Waals surface area (Å²) in [6.07, 6.45) is 0. The zero-order valence-electron chi connectivity index (χ0n) is 17.2. The molecule has 31 heavy (non-hydrogen) atoms. The summed E-state index contributed by atoms with van der Waals surface area (Å²) >= 11 is 0. The van der Waals surface area contributed by atoms with Gasteiger partial charge in [0, 0.05) is 47.6 Å². The summed E-state index contributed by atoms with van der Waals surface area (Å²) in [4.78, 5) is 38.5. The molecule has 2 aromatic carbocycles. The van der Waals surface area contributed by atoms with Crippen molar-refractivity contribution in [2.24, 2.45) is 5.18 Å². The first-order valence-electron chi connectivity index (χ1n) is 9.79. The Labute approximate surface area is 177 Å². The first-order valence-corrected chi connectivity index (χ1v) is 9.79. The highest BCUT2D eigenvalue weighted by Gasteiger charge is 2.18. The van der Waals surface area contributed by atoms with Gasteiger partial charge in [0.15, 0.2) is 0 Å². The Bertz CT molecular complexity index is 1390. The number of para-hydroxylation sites is 1. The molecule has 8 nitrogen and oxygen atoms in total. The number of likely N-dealkylation sites (N-methyl/N-ethyl adjacent to an activating group) is 1. The van der Waals surface area contributed by atoms with Crippen LogP contribution in [0.5, 0.6) is 0 Å². The minimum absolute atomic E-state index is 0.177. The topological polar surface area (TPSA) is 105 Å². The molecule has 0 amide bonds. The number of nitrogens with one attached hydrogen (secondary N) is 1. The van der Waals surface area contributed by atoms with Crippen LogP contribution in [-0.4, -0.2) is 32.1 Å². The van der Waals surface area contributed by atoms with Crippen LogP contribution < -0.4 is 16.6 Å². The minimum atomic E-state index is -0.632. The van der Waals surface area contributed by atoms with Gasteiger partial charge in [-0.3, -0.25) is 0 Å². The van der Waals surface area contributed by atoms with Crippen LogP contribution in [0.4, 0.5) is 5.69 Å². The van der Waals surface area contributed by atoms with Crippen molar-refractivity contribution in [3.05, 3.63) is 79.8 Å². The third-order valence-corrected chi connectivity index (χ3v) is 5.06. The number of benzene rings is 2. The Kier molecular flexibility index (Phi) is 5.75. The van der Waals surface area contributed by atoms with Gasteiger partial charge in [0.25, 0.3) is 0 Å². The van der Waals surface area contributed by atoms with Crippen molar-refractivity contribution < 1.29 is 8.83 Å². The second-order valence-electron chi connectivity index (χ2n) is 7.48. The summed E-state index contributed by atoms with van der Waals surface area (Å²) < 4.78 is 10.9. The lowest BCUT2D eigenvalue weighted by Crippen LogP contribution is -2.26. The lowest BCUT2D eigenvalue weighted by Gasteiger charge is -2.13. The predicted octanol–water partition coefficient (Wildman–Crippen LogP) is 3.62. The van der Waals surface area contributed by atoms with Gasteiger partial charge in [-0.1, -0.05) is 18.2 Å². The molecule has 0 aliphatic carbocycles. The third-order valence-electron chi connectivity index (χ3n) is 5.06. The van der Waals surface area contributed by atoms with Gasteiger partial charge in [-0.25, -0.2) is 9.59 Å². The summed E-state index contributed by atoms with van der Waals surface area (Å²) in [7, 11) is 3.91. The van der Waals surface area contributed by atoms with E-state index in [1.807, 2.05) is 31.1 Å². The summed E-state index contributed by atoms with van der Waals surface area (Å²) in [6.45, 7) is 1.74. The molecule has 0 aliphatic rings. The van der Waals surface area contributed by atoms with Gasteiger partial charge in [0.2, 0.25) is 0 Å². The Balaban J connectivity index is 1.89. The third kappa shape index (κ3) is 4.16. The van der Waals surface area contributed by atoms with E-state index in [0.29, 0.717) is 28.6 Å². The van der Waals surface area contributed by atoms with Crippen LogP contribution in [-0.2, 0) is 6.54 Å². The van der Waals surface area contributed by atoms with Crippen molar-refractivity contribution in [2.75, 3.05) is 27.2 Å². The van der Waals surface area contributed by atoms with E-state index in [9.17, 15) is 14.5 Å². The molecule has 0 saturated heterocycles. The first kappa shape index (κ1) is 20.6. The average Bonchev–Trinajstić information content (AvgIpc) is 2.75. The molecule has 0 radical (unpaired) electrons. The van der Waals surface area contributed by atoms with E-state index in [0.717, 1.165) is 11.9 Å². The molecule has 2 heterocycles. The fourth-order valence-corrected chi connectivity index (χ4v) is 3.52. The van der Waals surface area contributed by atoms with E-state index in [-0.39, 0.29) is 23.4 Å². The summed E-state index contributed by atoms with van der Waals surface area (Å²) in [5.41, 5.74) is 0.770. The normalized spacial score (nSPS) is 11.5. The van der Waals surface area contributed by atoms with E-state index in [1.165, 1.54) is 6.07 Å². The van der Waals surface area contributed by atoms with E-state index < -0.39 is 11.3 Å². The van der Waals surface area contributed by atoms with Crippen LogP contribution in [0.25, 0.3) is 33.1 Å². The molecule has 0 fully saturated rings.